The predicted octanol–water partition coefficient (Wildman–Crippen LogP) is 2.29. The molecule has 1 fully saturated rings. The second kappa shape index (κ2) is 5.16. The molecule has 4 nitrogen and oxygen atoms in total. The Balaban J connectivity index is 2.22. The monoisotopic (exact) mass is 303 g/mol. The molecule has 1 N–H and O–H groups in total. The topological polar surface area (TPSA) is 57.6 Å². The summed E-state index contributed by atoms with van der Waals surface area (Å²) in [5.41, 5.74) is -0.846. The summed E-state index contributed by atoms with van der Waals surface area (Å²) in [6.45, 7) is 3.91. The van der Waals surface area contributed by atoms with Crippen molar-refractivity contribution >= 4 is 21.4 Å². The van der Waals surface area contributed by atoms with E-state index in [0.717, 1.165) is 22.6 Å². The molecule has 1 aromatic heterocycles. The number of aliphatic hydroxyl groups is 1. The van der Waals surface area contributed by atoms with Gasteiger partial charge in [-0.25, -0.2) is 8.42 Å². The molecule has 0 bridgehead atoms. The number of rotatable bonds is 4. The molecule has 1 aliphatic carbocycles. The van der Waals surface area contributed by atoms with E-state index < -0.39 is 15.6 Å². The van der Waals surface area contributed by atoms with Crippen molar-refractivity contribution in [2.75, 3.05) is 13.6 Å². The first kappa shape index (κ1) is 15.0. The third-order valence-corrected chi connectivity index (χ3v) is 6.76. The van der Waals surface area contributed by atoms with Crippen LogP contribution < -0.4 is 0 Å². The van der Waals surface area contributed by atoms with Crippen LogP contribution in [-0.4, -0.2) is 37.0 Å². The zero-order valence-electron chi connectivity index (χ0n) is 11.6. The Morgan fingerprint density at radius 3 is 2.42 bits per heavy atom. The van der Waals surface area contributed by atoms with Crippen molar-refractivity contribution in [3.8, 4) is 0 Å². The van der Waals surface area contributed by atoms with Gasteiger partial charge in [-0.1, -0.05) is 12.8 Å². The van der Waals surface area contributed by atoms with Gasteiger partial charge in [-0.3, -0.25) is 0 Å². The van der Waals surface area contributed by atoms with Gasteiger partial charge in [0.1, 0.15) is 0 Å². The van der Waals surface area contributed by atoms with Gasteiger partial charge in [-0.05, 0) is 32.8 Å². The molecule has 0 atom stereocenters. The van der Waals surface area contributed by atoms with Crippen molar-refractivity contribution in [2.45, 2.75) is 50.0 Å². The van der Waals surface area contributed by atoms with Crippen LogP contribution >= 0.6 is 11.3 Å². The van der Waals surface area contributed by atoms with Crippen molar-refractivity contribution in [3.05, 3.63) is 15.8 Å². The van der Waals surface area contributed by atoms with Crippen LogP contribution in [0.1, 0.15) is 35.4 Å². The Bertz CT molecular complexity index is 556. The number of aryl methyl sites for hydroxylation is 2. The first-order valence-electron chi connectivity index (χ1n) is 6.50. The summed E-state index contributed by atoms with van der Waals surface area (Å²) in [7, 11) is -1.94. The SMILES string of the molecule is Cc1cc(S(=O)(=O)N(C)CC2(O)CCCC2)c(C)s1. The van der Waals surface area contributed by atoms with Crippen molar-refractivity contribution in [2.24, 2.45) is 0 Å². The summed E-state index contributed by atoms with van der Waals surface area (Å²) in [6.07, 6.45) is 3.32. The highest BCUT2D eigenvalue weighted by atomic mass is 32.2. The molecule has 2 rings (SSSR count). The molecule has 0 aromatic carbocycles. The number of sulfonamides is 1. The molecule has 0 radical (unpaired) electrons. The van der Waals surface area contributed by atoms with Crippen LogP contribution in [0, 0.1) is 13.8 Å². The fourth-order valence-electron chi connectivity index (χ4n) is 2.72. The lowest BCUT2D eigenvalue weighted by molar-refractivity contribution is 0.0333. The second-order valence-corrected chi connectivity index (χ2v) is 8.94. The summed E-state index contributed by atoms with van der Waals surface area (Å²) < 4.78 is 26.3. The van der Waals surface area contributed by atoms with Crippen molar-refractivity contribution < 1.29 is 13.5 Å². The Morgan fingerprint density at radius 1 is 1.37 bits per heavy atom. The van der Waals surface area contributed by atoms with E-state index in [2.05, 4.69) is 0 Å². The number of hydrogen-bond acceptors (Lipinski definition) is 4. The molecule has 1 aliphatic rings. The van der Waals surface area contributed by atoms with Crippen LogP contribution in [0.25, 0.3) is 0 Å². The number of likely N-dealkylation sites (N-methyl/N-ethyl adjacent to an activating group) is 1. The van der Waals surface area contributed by atoms with Gasteiger partial charge in [-0.15, -0.1) is 11.3 Å². The maximum atomic E-state index is 12.5. The minimum Gasteiger partial charge on any atom is -0.389 e. The van der Waals surface area contributed by atoms with Crippen LogP contribution in [0.5, 0.6) is 0 Å². The fourth-order valence-corrected chi connectivity index (χ4v) is 5.49. The molecule has 0 unspecified atom stereocenters. The highest BCUT2D eigenvalue weighted by molar-refractivity contribution is 7.89. The van der Waals surface area contributed by atoms with E-state index in [9.17, 15) is 13.5 Å². The Morgan fingerprint density at radius 2 is 1.95 bits per heavy atom. The van der Waals surface area contributed by atoms with Gasteiger partial charge in [0, 0.05) is 23.3 Å². The maximum absolute atomic E-state index is 12.5. The molecule has 1 saturated carbocycles. The zero-order chi connectivity index (χ0) is 14.3. The van der Waals surface area contributed by atoms with Gasteiger partial charge in [0.05, 0.1) is 10.5 Å². The van der Waals surface area contributed by atoms with Crippen molar-refractivity contribution in [1.29, 1.82) is 0 Å². The van der Waals surface area contributed by atoms with Gasteiger partial charge in [0.25, 0.3) is 0 Å². The predicted molar refractivity (Wildman–Crippen MR) is 77.0 cm³/mol. The minimum atomic E-state index is -3.49. The van der Waals surface area contributed by atoms with E-state index >= 15 is 0 Å². The lowest BCUT2D eigenvalue weighted by atomic mass is 10.0. The average molecular weight is 303 g/mol. The summed E-state index contributed by atoms with van der Waals surface area (Å²) in [4.78, 5) is 2.17. The molecule has 0 aliphatic heterocycles. The largest absolute Gasteiger partial charge is 0.389 e. The van der Waals surface area contributed by atoms with Crippen LogP contribution in [-0.2, 0) is 10.0 Å². The molecule has 108 valence electrons. The molecule has 1 aromatic rings. The molecular weight excluding hydrogens is 282 g/mol. The van der Waals surface area contributed by atoms with Gasteiger partial charge in [0.2, 0.25) is 10.0 Å². The van der Waals surface area contributed by atoms with E-state index in [1.165, 1.54) is 15.6 Å². The summed E-state index contributed by atoms with van der Waals surface area (Å²) in [6, 6.07) is 1.71. The van der Waals surface area contributed by atoms with Gasteiger partial charge >= 0.3 is 0 Å². The summed E-state index contributed by atoms with van der Waals surface area (Å²) >= 11 is 1.49. The molecule has 0 amide bonds. The zero-order valence-corrected chi connectivity index (χ0v) is 13.3. The molecule has 1 heterocycles. The van der Waals surface area contributed by atoms with E-state index in [1.807, 2.05) is 13.8 Å². The van der Waals surface area contributed by atoms with E-state index in [-0.39, 0.29) is 6.54 Å². The van der Waals surface area contributed by atoms with Crippen molar-refractivity contribution in [1.82, 2.24) is 4.31 Å². The lowest BCUT2D eigenvalue weighted by Crippen LogP contribution is -2.42. The molecule has 19 heavy (non-hydrogen) atoms. The smallest absolute Gasteiger partial charge is 0.244 e. The maximum Gasteiger partial charge on any atom is 0.244 e. The lowest BCUT2D eigenvalue weighted by Gasteiger charge is -2.28. The quantitative estimate of drug-likeness (QED) is 0.928. The highest BCUT2D eigenvalue weighted by Crippen LogP contribution is 2.32. The van der Waals surface area contributed by atoms with Crippen LogP contribution in [0.3, 0.4) is 0 Å². The number of thiophene rings is 1. The Hall–Kier alpha value is -0.430. The Kier molecular flexibility index (Phi) is 4.07. The first-order chi connectivity index (χ1) is 8.74. The van der Waals surface area contributed by atoms with E-state index in [1.54, 1.807) is 13.1 Å². The normalized spacial score (nSPS) is 19.2. The summed E-state index contributed by atoms with van der Waals surface area (Å²) in [5.74, 6) is 0. The second-order valence-electron chi connectivity index (χ2n) is 5.47. The van der Waals surface area contributed by atoms with E-state index in [0.29, 0.717) is 17.7 Å². The molecule has 0 spiro atoms. The highest BCUT2D eigenvalue weighted by Gasteiger charge is 2.36. The number of hydrogen-bond donors (Lipinski definition) is 1. The summed E-state index contributed by atoms with van der Waals surface area (Å²) in [5, 5.41) is 10.3. The Labute approximate surface area is 119 Å². The molecule has 6 heteroatoms. The van der Waals surface area contributed by atoms with Gasteiger partial charge in [-0.2, -0.15) is 4.31 Å². The minimum absolute atomic E-state index is 0.184. The van der Waals surface area contributed by atoms with Crippen LogP contribution in [0.4, 0.5) is 0 Å². The van der Waals surface area contributed by atoms with Gasteiger partial charge in [0.15, 0.2) is 0 Å². The van der Waals surface area contributed by atoms with Crippen LogP contribution in [0.2, 0.25) is 0 Å². The fraction of sp³-hybridized carbons (Fsp3) is 0.692. The van der Waals surface area contributed by atoms with Crippen molar-refractivity contribution in [3.63, 3.8) is 0 Å². The standard InChI is InChI=1S/C13H21NO3S2/c1-10-8-12(11(2)18-10)19(16,17)14(3)9-13(15)6-4-5-7-13/h8,15H,4-7,9H2,1-3H3. The molecule has 0 saturated heterocycles. The average Bonchev–Trinajstić information content (AvgIpc) is 2.85. The molecular formula is C13H21NO3S2. The number of nitrogens with zero attached hydrogens (tertiary/aromatic N) is 1. The van der Waals surface area contributed by atoms with Crippen LogP contribution in [0.15, 0.2) is 11.0 Å². The third kappa shape index (κ3) is 3.02. The third-order valence-electron chi connectivity index (χ3n) is 3.73. The van der Waals surface area contributed by atoms with E-state index in [4.69, 9.17) is 0 Å². The van der Waals surface area contributed by atoms with Gasteiger partial charge < -0.3 is 5.11 Å². The first-order valence-corrected chi connectivity index (χ1v) is 8.76.